The van der Waals surface area contributed by atoms with Crippen LogP contribution in [0.2, 0.25) is 0 Å². The summed E-state index contributed by atoms with van der Waals surface area (Å²) in [6.45, 7) is 3.66. The Hall–Kier alpha value is -1.35. The van der Waals surface area contributed by atoms with E-state index in [2.05, 4.69) is 5.32 Å². The summed E-state index contributed by atoms with van der Waals surface area (Å²) in [4.78, 5) is 11.7. The van der Waals surface area contributed by atoms with Crippen LogP contribution in [0.5, 0.6) is 0 Å². The average Bonchev–Trinajstić information content (AvgIpc) is 2.30. The smallest absolute Gasteiger partial charge is 0.223 e. The van der Waals surface area contributed by atoms with Gasteiger partial charge in [-0.3, -0.25) is 4.79 Å². The second-order valence-electron chi connectivity index (χ2n) is 4.18. The number of carbonyl (C=O) groups excluding carboxylic acids is 1. The summed E-state index contributed by atoms with van der Waals surface area (Å²) >= 11 is 0. The van der Waals surface area contributed by atoms with Crippen molar-refractivity contribution in [3.8, 4) is 0 Å². The summed E-state index contributed by atoms with van der Waals surface area (Å²) in [6.07, 6.45) is 0.727. The van der Waals surface area contributed by atoms with Gasteiger partial charge in [0.15, 0.2) is 0 Å². The summed E-state index contributed by atoms with van der Waals surface area (Å²) in [5, 5.41) is 11.6. The molecule has 0 radical (unpaired) electrons. The van der Waals surface area contributed by atoms with E-state index in [1.807, 2.05) is 37.3 Å². The Bertz CT molecular complexity index is 324. The molecule has 0 heterocycles. The minimum Gasteiger partial charge on any atom is -0.394 e. The van der Waals surface area contributed by atoms with Crippen LogP contribution in [0.3, 0.4) is 0 Å². The van der Waals surface area contributed by atoms with Gasteiger partial charge in [0.2, 0.25) is 5.91 Å². The van der Waals surface area contributed by atoms with Gasteiger partial charge in [0.1, 0.15) is 0 Å². The first-order valence-electron chi connectivity index (χ1n) is 5.58. The van der Waals surface area contributed by atoms with Crippen molar-refractivity contribution >= 4 is 5.91 Å². The van der Waals surface area contributed by atoms with Crippen LogP contribution in [0.1, 0.15) is 19.4 Å². The van der Waals surface area contributed by atoms with Crippen LogP contribution >= 0.6 is 0 Å². The number of nitrogens with one attached hydrogen (secondary N) is 1. The van der Waals surface area contributed by atoms with Crippen LogP contribution in [0.25, 0.3) is 0 Å². The SMILES string of the molecule is CC(CO)NC(=O)C(C)Cc1ccccc1. The molecule has 2 atom stereocenters. The Morgan fingerprint density at radius 3 is 2.50 bits per heavy atom. The first-order chi connectivity index (χ1) is 7.63. The lowest BCUT2D eigenvalue weighted by molar-refractivity contribution is -0.125. The third-order valence-corrected chi connectivity index (χ3v) is 2.49. The van der Waals surface area contributed by atoms with Crippen molar-refractivity contribution in [2.45, 2.75) is 26.3 Å². The number of rotatable bonds is 5. The molecule has 3 heteroatoms. The number of carbonyl (C=O) groups is 1. The number of benzene rings is 1. The Morgan fingerprint density at radius 2 is 1.94 bits per heavy atom. The van der Waals surface area contributed by atoms with Crippen molar-refractivity contribution in [2.24, 2.45) is 5.92 Å². The van der Waals surface area contributed by atoms with Crippen LogP contribution in [-0.4, -0.2) is 23.7 Å². The summed E-state index contributed by atoms with van der Waals surface area (Å²) in [5.74, 6) is -0.0817. The molecule has 2 unspecified atom stereocenters. The second kappa shape index (κ2) is 6.28. The van der Waals surface area contributed by atoms with Gasteiger partial charge in [-0.15, -0.1) is 0 Å². The molecule has 2 N–H and O–H groups in total. The van der Waals surface area contributed by atoms with Crippen LogP contribution in [-0.2, 0) is 11.2 Å². The van der Waals surface area contributed by atoms with E-state index in [1.165, 1.54) is 0 Å². The molecule has 0 bridgehead atoms. The molecule has 0 aliphatic heterocycles. The number of amides is 1. The highest BCUT2D eigenvalue weighted by atomic mass is 16.3. The highest BCUT2D eigenvalue weighted by molar-refractivity contribution is 5.78. The number of aliphatic hydroxyl groups excluding tert-OH is 1. The van der Waals surface area contributed by atoms with Crippen molar-refractivity contribution in [1.29, 1.82) is 0 Å². The predicted molar refractivity (Wildman–Crippen MR) is 64.0 cm³/mol. The van der Waals surface area contributed by atoms with Gasteiger partial charge in [0, 0.05) is 12.0 Å². The Morgan fingerprint density at radius 1 is 1.31 bits per heavy atom. The normalized spacial score (nSPS) is 14.2. The maximum absolute atomic E-state index is 11.7. The molecule has 0 aliphatic rings. The zero-order valence-corrected chi connectivity index (χ0v) is 9.81. The molecule has 1 aromatic rings. The van der Waals surface area contributed by atoms with E-state index in [4.69, 9.17) is 5.11 Å². The van der Waals surface area contributed by atoms with Gasteiger partial charge in [-0.25, -0.2) is 0 Å². The van der Waals surface area contributed by atoms with Gasteiger partial charge >= 0.3 is 0 Å². The molecule has 1 rings (SSSR count). The molecule has 88 valence electrons. The van der Waals surface area contributed by atoms with Crippen molar-refractivity contribution in [3.05, 3.63) is 35.9 Å². The fourth-order valence-corrected chi connectivity index (χ4v) is 1.49. The molecule has 0 spiro atoms. The number of hydrogen-bond acceptors (Lipinski definition) is 2. The molecule has 0 aliphatic carbocycles. The lowest BCUT2D eigenvalue weighted by Crippen LogP contribution is -2.38. The molecule has 0 saturated heterocycles. The highest BCUT2D eigenvalue weighted by Crippen LogP contribution is 2.08. The molecular weight excluding hydrogens is 202 g/mol. The third kappa shape index (κ3) is 4.03. The zero-order valence-electron chi connectivity index (χ0n) is 9.81. The monoisotopic (exact) mass is 221 g/mol. The minimum absolute atomic E-state index is 0.00889. The summed E-state index contributed by atoms with van der Waals surface area (Å²) in [5.41, 5.74) is 1.15. The molecule has 0 aromatic heterocycles. The Balaban J connectivity index is 2.46. The van der Waals surface area contributed by atoms with Crippen LogP contribution < -0.4 is 5.32 Å². The van der Waals surface area contributed by atoms with Crippen molar-refractivity contribution in [3.63, 3.8) is 0 Å². The Labute approximate surface area is 96.5 Å². The molecule has 1 amide bonds. The lowest BCUT2D eigenvalue weighted by Gasteiger charge is -2.15. The van der Waals surface area contributed by atoms with Crippen LogP contribution in [0.15, 0.2) is 30.3 Å². The molecule has 3 nitrogen and oxygen atoms in total. The number of aliphatic hydroxyl groups is 1. The maximum atomic E-state index is 11.7. The van der Waals surface area contributed by atoms with E-state index >= 15 is 0 Å². The summed E-state index contributed by atoms with van der Waals surface area (Å²) in [6, 6.07) is 9.75. The van der Waals surface area contributed by atoms with E-state index in [0.717, 1.165) is 12.0 Å². The largest absolute Gasteiger partial charge is 0.394 e. The zero-order chi connectivity index (χ0) is 12.0. The van der Waals surface area contributed by atoms with Crippen LogP contribution in [0, 0.1) is 5.92 Å². The summed E-state index contributed by atoms with van der Waals surface area (Å²) in [7, 11) is 0. The van der Waals surface area contributed by atoms with Crippen molar-refractivity contribution < 1.29 is 9.90 Å². The van der Waals surface area contributed by atoms with E-state index in [1.54, 1.807) is 6.92 Å². The van der Waals surface area contributed by atoms with Gasteiger partial charge in [0.05, 0.1) is 6.61 Å². The van der Waals surface area contributed by atoms with Crippen molar-refractivity contribution in [1.82, 2.24) is 5.32 Å². The van der Waals surface area contributed by atoms with Gasteiger partial charge in [-0.05, 0) is 18.9 Å². The first kappa shape index (κ1) is 12.7. The highest BCUT2D eigenvalue weighted by Gasteiger charge is 2.14. The average molecular weight is 221 g/mol. The minimum atomic E-state index is -0.175. The molecular formula is C13H19NO2. The van der Waals surface area contributed by atoms with E-state index in [0.29, 0.717) is 0 Å². The van der Waals surface area contributed by atoms with Gasteiger partial charge < -0.3 is 10.4 Å². The topological polar surface area (TPSA) is 49.3 Å². The molecule has 0 fully saturated rings. The molecule has 16 heavy (non-hydrogen) atoms. The van der Waals surface area contributed by atoms with Crippen molar-refractivity contribution in [2.75, 3.05) is 6.61 Å². The maximum Gasteiger partial charge on any atom is 0.223 e. The standard InChI is InChI=1S/C13H19NO2/c1-10(13(16)14-11(2)9-15)8-12-6-4-3-5-7-12/h3-7,10-11,15H,8-9H2,1-2H3,(H,14,16). The van der Waals surface area contributed by atoms with Gasteiger partial charge in [0.25, 0.3) is 0 Å². The van der Waals surface area contributed by atoms with E-state index in [9.17, 15) is 4.79 Å². The first-order valence-corrected chi connectivity index (χ1v) is 5.58. The molecule has 0 saturated carbocycles. The summed E-state index contributed by atoms with van der Waals surface area (Å²) < 4.78 is 0. The number of hydrogen-bond donors (Lipinski definition) is 2. The predicted octanol–water partition coefficient (Wildman–Crippen LogP) is 1.36. The second-order valence-corrected chi connectivity index (χ2v) is 4.18. The van der Waals surface area contributed by atoms with Gasteiger partial charge in [-0.1, -0.05) is 37.3 Å². The van der Waals surface area contributed by atoms with Gasteiger partial charge in [-0.2, -0.15) is 0 Å². The molecule has 1 aromatic carbocycles. The van der Waals surface area contributed by atoms with E-state index in [-0.39, 0.29) is 24.5 Å². The lowest BCUT2D eigenvalue weighted by atomic mass is 10.0. The fraction of sp³-hybridized carbons (Fsp3) is 0.462. The van der Waals surface area contributed by atoms with E-state index < -0.39 is 0 Å². The van der Waals surface area contributed by atoms with Crippen LogP contribution in [0.4, 0.5) is 0 Å². The third-order valence-electron chi connectivity index (χ3n) is 2.49. The fourth-order valence-electron chi connectivity index (χ4n) is 1.49. The quantitative estimate of drug-likeness (QED) is 0.788. The Kier molecular flexibility index (Phi) is 4.99.